The van der Waals surface area contributed by atoms with Crippen LogP contribution < -0.4 is 14.8 Å². The number of benzene rings is 2. The molecule has 0 fully saturated rings. The van der Waals surface area contributed by atoms with Crippen molar-refractivity contribution in [1.82, 2.24) is 0 Å². The summed E-state index contributed by atoms with van der Waals surface area (Å²) in [4.78, 5) is 12.9. The van der Waals surface area contributed by atoms with E-state index >= 15 is 0 Å². The molecule has 0 radical (unpaired) electrons. The van der Waals surface area contributed by atoms with Crippen molar-refractivity contribution in [2.24, 2.45) is 0 Å². The Balaban J connectivity index is 2.23. The Labute approximate surface area is 123 Å². The molecule has 0 aliphatic heterocycles. The number of amides is 1. The number of rotatable bonds is 4. The number of hydrogen-bond acceptors (Lipinski definition) is 4. The fourth-order valence-electron chi connectivity index (χ4n) is 1.74. The van der Waals surface area contributed by atoms with E-state index in [1.807, 2.05) is 6.07 Å². The second-order valence-corrected chi connectivity index (χ2v) is 4.59. The Morgan fingerprint density at radius 1 is 1.10 bits per heavy atom. The molecule has 2 rings (SSSR count). The fraction of sp³-hybridized carbons (Fsp3) is 0.133. The number of hydrogen-bond donors (Lipinski definition) is 2. The third kappa shape index (κ3) is 3.24. The summed E-state index contributed by atoms with van der Waals surface area (Å²) in [6, 6.07) is 12.2. The van der Waals surface area contributed by atoms with E-state index in [1.165, 1.54) is 0 Å². The Morgan fingerprint density at radius 2 is 1.90 bits per heavy atom. The van der Waals surface area contributed by atoms with E-state index in [-0.39, 0.29) is 5.91 Å². The lowest BCUT2D eigenvalue weighted by molar-refractivity contribution is 0.102. The zero-order valence-corrected chi connectivity index (χ0v) is 12.1. The first-order chi connectivity index (χ1) is 9.63. The molecule has 0 aliphatic rings. The molecule has 2 aromatic carbocycles. The molecule has 0 saturated carbocycles. The van der Waals surface area contributed by atoms with E-state index in [2.05, 4.69) is 17.9 Å². The van der Waals surface area contributed by atoms with Crippen LogP contribution in [0, 0.1) is 0 Å². The van der Waals surface area contributed by atoms with E-state index in [4.69, 9.17) is 9.47 Å². The van der Waals surface area contributed by atoms with Crippen LogP contribution in [0.15, 0.2) is 47.4 Å². The van der Waals surface area contributed by atoms with Crippen LogP contribution in [0.2, 0.25) is 0 Å². The molecule has 0 aliphatic carbocycles. The maximum absolute atomic E-state index is 12.2. The summed E-state index contributed by atoms with van der Waals surface area (Å²) in [6.07, 6.45) is 0. The van der Waals surface area contributed by atoms with Gasteiger partial charge in [-0.05, 0) is 30.3 Å². The minimum atomic E-state index is -0.218. The Morgan fingerprint density at radius 3 is 2.55 bits per heavy atom. The van der Waals surface area contributed by atoms with Gasteiger partial charge in [-0.15, -0.1) is 12.6 Å². The molecule has 2 aromatic rings. The van der Waals surface area contributed by atoms with Crippen molar-refractivity contribution in [2.45, 2.75) is 4.90 Å². The molecule has 0 unspecified atom stereocenters. The highest BCUT2D eigenvalue weighted by molar-refractivity contribution is 7.80. The van der Waals surface area contributed by atoms with Crippen LogP contribution in [-0.4, -0.2) is 20.1 Å². The Bertz CT molecular complexity index is 628. The van der Waals surface area contributed by atoms with Gasteiger partial charge in [0.2, 0.25) is 0 Å². The van der Waals surface area contributed by atoms with Gasteiger partial charge in [-0.2, -0.15) is 0 Å². The second-order valence-electron chi connectivity index (χ2n) is 4.07. The van der Waals surface area contributed by atoms with Crippen LogP contribution in [0.4, 0.5) is 5.69 Å². The third-order valence-corrected chi connectivity index (χ3v) is 3.04. The van der Waals surface area contributed by atoms with Crippen molar-refractivity contribution >= 4 is 24.2 Å². The van der Waals surface area contributed by atoms with Crippen LogP contribution in [0.3, 0.4) is 0 Å². The molecule has 5 heteroatoms. The Kier molecular flexibility index (Phi) is 4.53. The van der Waals surface area contributed by atoms with Gasteiger partial charge in [0.25, 0.3) is 5.91 Å². The topological polar surface area (TPSA) is 47.6 Å². The number of anilines is 1. The number of carbonyl (C=O) groups is 1. The van der Waals surface area contributed by atoms with E-state index in [9.17, 15) is 4.79 Å². The minimum absolute atomic E-state index is 0.218. The molecule has 20 heavy (non-hydrogen) atoms. The monoisotopic (exact) mass is 289 g/mol. The van der Waals surface area contributed by atoms with Gasteiger partial charge in [0, 0.05) is 16.5 Å². The summed E-state index contributed by atoms with van der Waals surface area (Å²) in [7, 11) is 3.12. The molecular formula is C15H15NO3S. The number of ether oxygens (including phenoxy) is 2. The fourth-order valence-corrected chi connectivity index (χ4v) is 1.97. The zero-order valence-electron chi connectivity index (χ0n) is 11.2. The van der Waals surface area contributed by atoms with Crippen molar-refractivity contribution in [1.29, 1.82) is 0 Å². The van der Waals surface area contributed by atoms with Crippen LogP contribution in [0.1, 0.15) is 10.4 Å². The summed E-state index contributed by atoms with van der Waals surface area (Å²) in [5.74, 6) is 0.987. The molecule has 0 spiro atoms. The smallest absolute Gasteiger partial charge is 0.255 e. The van der Waals surface area contributed by atoms with E-state index in [0.29, 0.717) is 22.7 Å². The van der Waals surface area contributed by atoms with Gasteiger partial charge in [0.1, 0.15) is 11.5 Å². The molecule has 0 saturated heterocycles. The lowest BCUT2D eigenvalue weighted by atomic mass is 10.2. The molecule has 0 aromatic heterocycles. The number of methoxy groups -OCH3 is 2. The number of thiol groups is 1. The summed E-state index contributed by atoms with van der Waals surface area (Å²) < 4.78 is 10.4. The lowest BCUT2D eigenvalue weighted by Crippen LogP contribution is -2.12. The largest absolute Gasteiger partial charge is 0.497 e. The third-order valence-electron chi connectivity index (χ3n) is 2.77. The van der Waals surface area contributed by atoms with Crippen LogP contribution >= 0.6 is 12.6 Å². The standard InChI is InChI=1S/C15H15NO3S/c1-18-11-6-7-13(14(9-11)19-2)16-15(17)10-4-3-5-12(20)8-10/h3-9,20H,1-2H3,(H,16,17). The summed E-state index contributed by atoms with van der Waals surface area (Å²) in [6.45, 7) is 0. The molecule has 0 atom stereocenters. The van der Waals surface area contributed by atoms with Gasteiger partial charge in [-0.3, -0.25) is 4.79 Å². The second kappa shape index (κ2) is 6.34. The van der Waals surface area contributed by atoms with Crippen molar-refractivity contribution in [3.8, 4) is 11.5 Å². The first-order valence-corrected chi connectivity index (χ1v) is 6.41. The van der Waals surface area contributed by atoms with E-state index in [0.717, 1.165) is 4.90 Å². The minimum Gasteiger partial charge on any atom is -0.497 e. The van der Waals surface area contributed by atoms with Crippen LogP contribution in [0.5, 0.6) is 11.5 Å². The van der Waals surface area contributed by atoms with Crippen LogP contribution in [-0.2, 0) is 0 Å². The highest BCUT2D eigenvalue weighted by Crippen LogP contribution is 2.29. The van der Waals surface area contributed by atoms with E-state index < -0.39 is 0 Å². The predicted octanol–water partition coefficient (Wildman–Crippen LogP) is 3.24. The SMILES string of the molecule is COc1ccc(NC(=O)c2cccc(S)c2)c(OC)c1. The van der Waals surface area contributed by atoms with Gasteiger partial charge >= 0.3 is 0 Å². The molecule has 0 heterocycles. The van der Waals surface area contributed by atoms with Gasteiger partial charge in [-0.25, -0.2) is 0 Å². The maximum atomic E-state index is 12.2. The summed E-state index contributed by atoms with van der Waals surface area (Å²) in [5.41, 5.74) is 1.12. The van der Waals surface area contributed by atoms with Gasteiger partial charge in [0.05, 0.1) is 19.9 Å². The molecule has 1 amide bonds. The predicted molar refractivity (Wildman–Crippen MR) is 81.2 cm³/mol. The molecule has 0 bridgehead atoms. The first-order valence-electron chi connectivity index (χ1n) is 5.96. The first kappa shape index (κ1) is 14.3. The van der Waals surface area contributed by atoms with Crippen LogP contribution in [0.25, 0.3) is 0 Å². The van der Waals surface area contributed by atoms with Crippen molar-refractivity contribution in [3.05, 3.63) is 48.0 Å². The van der Waals surface area contributed by atoms with Gasteiger partial charge < -0.3 is 14.8 Å². The maximum Gasteiger partial charge on any atom is 0.255 e. The number of carbonyl (C=O) groups excluding carboxylic acids is 1. The Hall–Kier alpha value is -2.14. The van der Waals surface area contributed by atoms with Crippen molar-refractivity contribution < 1.29 is 14.3 Å². The van der Waals surface area contributed by atoms with Crippen molar-refractivity contribution in [3.63, 3.8) is 0 Å². The average Bonchev–Trinajstić information content (AvgIpc) is 2.47. The van der Waals surface area contributed by atoms with Crippen molar-refractivity contribution in [2.75, 3.05) is 19.5 Å². The molecule has 1 N–H and O–H groups in total. The van der Waals surface area contributed by atoms with E-state index in [1.54, 1.807) is 50.6 Å². The molecule has 104 valence electrons. The average molecular weight is 289 g/mol. The quantitative estimate of drug-likeness (QED) is 0.849. The molecular weight excluding hydrogens is 274 g/mol. The zero-order chi connectivity index (χ0) is 14.5. The van der Waals surface area contributed by atoms with Gasteiger partial charge in [0.15, 0.2) is 0 Å². The lowest BCUT2D eigenvalue weighted by Gasteiger charge is -2.11. The summed E-state index contributed by atoms with van der Waals surface area (Å²) in [5, 5.41) is 2.80. The van der Waals surface area contributed by atoms with Gasteiger partial charge in [-0.1, -0.05) is 6.07 Å². The summed E-state index contributed by atoms with van der Waals surface area (Å²) >= 11 is 4.22. The molecule has 4 nitrogen and oxygen atoms in total. The normalized spacial score (nSPS) is 9.95. The highest BCUT2D eigenvalue weighted by Gasteiger charge is 2.10. The highest BCUT2D eigenvalue weighted by atomic mass is 32.1. The number of nitrogens with one attached hydrogen (secondary N) is 1.